The van der Waals surface area contributed by atoms with Gasteiger partial charge in [0.2, 0.25) is 0 Å². The van der Waals surface area contributed by atoms with Gasteiger partial charge in [-0.25, -0.2) is 0 Å². The molecule has 2 aliphatic rings. The van der Waals surface area contributed by atoms with Crippen LogP contribution in [0.15, 0.2) is 18.3 Å². The standard InChI is InChI=1S/C17H27N3/c1-20(13-14-5-3-2-4-6-14)17-9-10-18-16(11-17)12-19-15-7-8-15/h9-11,14-15,19H,2-8,12-13H2,1H3. The van der Waals surface area contributed by atoms with Gasteiger partial charge in [0.1, 0.15) is 0 Å². The molecule has 1 aromatic rings. The van der Waals surface area contributed by atoms with Crippen LogP contribution in [0.3, 0.4) is 0 Å². The maximum Gasteiger partial charge on any atom is 0.0562 e. The third-order valence-electron chi connectivity index (χ3n) is 4.65. The zero-order valence-corrected chi connectivity index (χ0v) is 12.6. The first-order chi connectivity index (χ1) is 9.81. The highest BCUT2D eigenvalue weighted by atomic mass is 15.1. The van der Waals surface area contributed by atoms with E-state index in [1.54, 1.807) is 0 Å². The predicted octanol–water partition coefficient (Wildman–Crippen LogP) is 3.35. The zero-order chi connectivity index (χ0) is 13.8. The Morgan fingerprint density at radius 1 is 1.20 bits per heavy atom. The highest BCUT2D eigenvalue weighted by molar-refractivity contribution is 5.45. The molecule has 0 aliphatic heterocycles. The lowest BCUT2D eigenvalue weighted by Crippen LogP contribution is -2.27. The summed E-state index contributed by atoms with van der Waals surface area (Å²) in [5.74, 6) is 0.884. The second kappa shape index (κ2) is 6.57. The monoisotopic (exact) mass is 273 g/mol. The number of rotatable bonds is 6. The molecule has 1 N–H and O–H groups in total. The van der Waals surface area contributed by atoms with E-state index in [1.807, 2.05) is 6.20 Å². The van der Waals surface area contributed by atoms with E-state index < -0.39 is 0 Å². The second-order valence-corrected chi connectivity index (χ2v) is 6.55. The van der Waals surface area contributed by atoms with Crippen molar-refractivity contribution < 1.29 is 0 Å². The molecular formula is C17H27N3. The van der Waals surface area contributed by atoms with Crippen molar-refractivity contribution in [1.82, 2.24) is 10.3 Å². The molecule has 3 nitrogen and oxygen atoms in total. The number of anilines is 1. The molecule has 0 bridgehead atoms. The van der Waals surface area contributed by atoms with Crippen molar-refractivity contribution in [1.29, 1.82) is 0 Å². The van der Waals surface area contributed by atoms with Gasteiger partial charge in [0.05, 0.1) is 5.69 Å². The van der Waals surface area contributed by atoms with Gasteiger partial charge in [-0.05, 0) is 43.7 Å². The van der Waals surface area contributed by atoms with E-state index in [0.29, 0.717) is 0 Å². The van der Waals surface area contributed by atoms with E-state index >= 15 is 0 Å². The molecule has 1 aromatic heterocycles. The van der Waals surface area contributed by atoms with Gasteiger partial charge in [-0.3, -0.25) is 4.98 Å². The first kappa shape index (κ1) is 13.9. The van der Waals surface area contributed by atoms with E-state index in [-0.39, 0.29) is 0 Å². The van der Waals surface area contributed by atoms with Crippen LogP contribution in [-0.2, 0) is 6.54 Å². The van der Waals surface area contributed by atoms with Crippen molar-refractivity contribution in [2.75, 3.05) is 18.5 Å². The summed E-state index contributed by atoms with van der Waals surface area (Å²) >= 11 is 0. The van der Waals surface area contributed by atoms with Gasteiger partial charge in [0, 0.05) is 38.1 Å². The van der Waals surface area contributed by atoms with E-state index in [2.05, 4.69) is 34.4 Å². The molecule has 1 heterocycles. The quantitative estimate of drug-likeness (QED) is 0.861. The predicted molar refractivity (Wildman–Crippen MR) is 83.9 cm³/mol. The molecule has 0 radical (unpaired) electrons. The summed E-state index contributed by atoms with van der Waals surface area (Å²) < 4.78 is 0. The molecule has 20 heavy (non-hydrogen) atoms. The number of hydrogen-bond donors (Lipinski definition) is 1. The molecule has 0 amide bonds. The molecule has 110 valence electrons. The van der Waals surface area contributed by atoms with Crippen LogP contribution in [-0.4, -0.2) is 24.6 Å². The van der Waals surface area contributed by atoms with Crippen molar-refractivity contribution in [3.05, 3.63) is 24.0 Å². The molecule has 3 heteroatoms. The molecule has 2 saturated carbocycles. The largest absolute Gasteiger partial charge is 0.374 e. The second-order valence-electron chi connectivity index (χ2n) is 6.55. The smallest absolute Gasteiger partial charge is 0.0562 e. The van der Waals surface area contributed by atoms with Crippen LogP contribution in [0.25, 0.3) is 0 Å². The minimum Gasteiger partial charge on any atom is -0.374 e. The van der Waals surface area contributed by atoms with Crippen LogP contribution in [0.2, 0.25) is 0 Å². The third-order valence-corrected chi connectivity index (χ3v) is 4.65. The number of aromatic nitrogens is 1. The Labute approximate surface area is 122 Å². The fourth-order valence-electron chi connectivity index (χ4n) is 3.20. The lowest BCUT2D eigenvalue weighted by atomic mass is 9.89. The van der Waals surface area contributed by atoms with Crippen LogP contribution >= 0.6 is 0 Å². The zero-order valence-electron chi connectivity index (χ0n) is 12.6. The van der Waals surface area contributed by atoms with Crippen molar-refractivity contribution in [2.24, 2.45) is 5.92 Å². The first-order valence-corrected chi connectivity index (χ1v) is 8.21. The summed E-state index contributed by atoms with van der Waals surface area (Å²) in [6.07, 6.45) is 11.7. The minimum atomic E-state index is 0.750. The van der Waals surface area contributed by atoms with Crippen LogP contribution < -0.4 is 10.2 Å². The maximum atomic E-state index is 4.48. The van der Waals surface area contributed by atoms with Crippen LogP contribution in [0, 0.1) is 5.92 Å². The summed E-state index contributed by atoms with van der Waals surface area (Å²) in [5, 5.41) is 3.54. The molecule has 0 saturated heterocycles. The highest BCUT2D eigenvalue weighted by Gasteiger charge is 2.20. The average molecular weight is 273 g/mol. The Morgan fingerprint density at radius 3 is 2.75 bits per heavy atom. The van der Waals surface area contributed by atoms with E-state index in [4.69, 9.17) is 0 Å². The van der Waals surface area contributed by atoms with Gasteiger partial charge in [-0.2, -0.15) is 0 Å². The highest BCUT2D eigenvalue weighted by Crippen LogP contribution is 2.26. The molecule has 0 unspecified atom stereocenters. The summed E-state index contributed by atoms with van der Waals surface area (Å²) in [6.45, 7) is 2.11. The van der Waals surface area contributed by atoms with E-state index in [1.165, 1.54) is 62.9 Å². The lowest BCUT2D eigenvalue weighted by Gasteiger charge is -2.28. The SMILES string of the molecule is CN(CC1CCCCC1)c1ccnc(CNC2CC2)c1. The van der Waals surface area contributed by atoms with E-state index in [9.17, 15) is 0 Å². The summed E-state index contributed by atoms with van der Waals surface area (Å²) in [7, 11) is 2.22. The van der Waals surface area contributed by atoms with Gasteiger partial charge in [-0.15, -0.1) is 0 Å². The number of nitrogens with one attached hydrogen (secondary N) is 1. The summed E-state index contributed by atoms with van der Waals surface area (Å²) in [6, 6.07) is 5.14. The van der Waals surface area contributed by atoms with Crippen molar-refractivity contribution in [3.8, 4) is 0 Å². The van der Waals surface area contributed by atoms with Crippen LogP contribution in [0.1, 0.15) is 50.6 Å². The van der Waals surface area contributed by atoms with Gasteiger partial charge < -0.3 is 10.2 Å². The van der Waals surface area contributed by atoms with Gasteiger partial charge >= 0.3 is 0 Å². The van der Waals surface area contributed by atoms with Crippen molar-refractivity contribution >= 4 is 5.69 Å². The molecular weight excluding hydrogens is 246 g/mol. The van der Waals surface area contributed by atoms with Gasteiger partial charge in [0.25, 0.3) is 0 Å². The maximum absolute atomic E-state index is 4.48. The first-order valence-electron chi connectivity index (χ1n) is 8.21. The molecule has 0 aromatic carbocycles. The number of hydrogen-bond acceptors (Lipinski definition) is 3. The van der Waals surface area contributed by atoms with Crippen LogP contribution in [0.4, 0.5) is 5.69 Å². The Hall–Kier alpha value is -1.09. The normalized spacial score (nSPS) is 20.1. The molecule has 2 fully saturated rings. The Morgan fingerprint density at radius 2 is 2.00 bits per heavy atom. The van der Waals surface area contributed by atoms with Gasteiger partial charge in [0.15, 0.2) is 0 Å². The minimum absolute atomic E-state index is 0.750. The van der Waals surface area contributed by atoms with Crippen molar-refractivity contribution in [2.45, 2.75) is 57.5 Å². The number of nitrogens with zero attached hydrogens (tertiary/aromatic N) is 2. The lowest BCUT2D eigenvalue weighted by molar-refractivity contribution is 0.362. The fourth-order valence-corrected chi connectivity index (χ4v) is 3.20. The number of pyridine rings is 1. The molecule has 0 atom stereocenters. The van der Waals surface area contributed by atoms with Crippen LogP contribution in [0.5, 0.6) is 0 Å². The summed E-state index contributed by atoms with van der Waals surface area (Å²) in [4.78, 5) is 6.89. The van der Waals surface area contributed by atoms with Crippen molar-refractivity contribution in [3.63, 3.8) is 0 Å². The Balaban J connectivity index is 1.55. The summed E-state index contributed by atoms with van der Waals surface area (Å²) in [5.41, 5.74) is 2.49. The molecule has 2 aliphatic carbocycles. The Bertz CT molecular complexity index is 422. The third kappa shape index (κ3) is 3.95. The molecule has 0 spiro atoms. The fraction of sp³-hybridized carbons (Fsp3) is 0.706. The Kier molecular flexibility index (Phi) is 4.56. The average Bonchev–Trinajstić information content (AvgIpc) is 3.31. The molecule has 3 rings (SSSR count). The topological polar surface area (TPSA) is 28.2 Å². The van der Waals surface area contributed by atoms with E-state index in [0.717, 1.165) is 18.5 Å². The van der Waals surface area contributed by atoms with Gasteiger partial charge in [-0.1, -0.05) is 19.3 Å².